The Morgan fingerprint density at radius 1 is 0.550 bits per heavy atom. The molecule has 0 aromatic rings. The molecule has 0 heteroatoms. The van der Waals surface area contributed by atoms with E-state index >= 15 is 0 Å². The lowest BCUT2D eigenvalue weighted by atomic mass is 9.62. The summed E-state index contributed by atoms with van der Waals surface area (Å²) in [5, 5.41) is 0. The molecule has 0 amide bonds. The van der Waals surface area contributed by atoms with E-state index in [0.717, 1.165) is 47.3 Å². The fourth-order valence-corrected chi connectivity index (χ4v) is 9.16. The Morgan fingerprint density at radius 3 is 1.25 bits per heavy atom. The number of hydrogen-bond acceptors (Lipinski definition) is 0. The topological polar surface area (TPSA) is 0 Å². The van der Waals surface area contributed by atoms with Crippen molar-refractivity contribution in [2.24, 2.45) is 58.2 Å². The molecule has 2 fully saturated rings. The molecular weight excluding hydrogens is 480 g/mol. The van der Waals surface area contributed by atoms with Gasteiger partial charge in [-0.1, -0.05) is 158 Å². The first-order chi connectivity index (χ1) is 18.8. The second kappa shape index (κ2) is 17.8. The van der Waals surface area contributed by atoms with Crippen LogP contribution in [0.25, 0.3) is 0 Å². The van der Waals surface area contributed by atoms with E-state index in [2.05, 4.69) is 81.4 Å². The van der Waals surface area contributed by atoms with Gasteiger partial charge >= 0.3 is 0 Å². The highest BCUT2D eigenvalue weighted by molar-refractivity contribution is 4.88. The van der Waals surface area contributed by atoms with Gasteiger partial charge < -0.3 is 0 Å². The van der Waals surface area contributed by atoms with E-state index in [1.165, 1.54) is 116 Å². The Hall–Kier alpha value is -0.260. The highest BCUT2D eigenvalue weighted by atomic mass is 14.4. The van der Waals surface area contributed by atoms with Crippen LogP contribution < -0.4 is 0 Å². The van der Waals surface area contributed by atoms with Crippen LogP contribution in [0.3, 0.4) is 0 Å². The van der Waals surface area contributed by atoms with Gasteiger partial charge in [-0.2, -0.15) is 0 Å². The normalized spacial score (nSPS) is 29.8. The molecule has 2 rings (SSSR count). The summed E-state index contributed by atoms with van der Waals surface area (Å²) in [5.41, 5.74) is 1.14. The van der Waals surface area contributed by atoms with Crippen molar-refractivity contribution in [3.63, 3.8) is 0 Å². The zero-order chi connectivity index (χ0) is 29.8. The lowest BCUT2D eigenvalue weighted by Crippen LogP contribution is -2.33. The first kappa shape index (κ1) is 35.9. The van der Waals surface area contributed by atoms with Gasteiger partial charge in [-0.3, -0.25) is 0 Å². The van der Waals surface area contributed by atoms with Gasteiger partial charge in [0.25, 0.3) is 0 Å². The standard InChI is InChI=1S/C40H76/c1-31(19-13-21-33(3)25-27-37-35(5)23-15-29-39(37,7)8)17-11-12-18-32(2)20-14-22-34(4)26-28-38-36(6)24-16-30-40(38,9)10/h11-12,31-38H,13-30H2,1-10H3/b12-11+/t31-,32+,33-,34-,35+,36-,37-,38-/m0/s1. The van der Waals surface area contributed by atoms with Gasteiger partial charge in [0.15, 0.2) is 0 Å². The average Bonchev–Trinajstić information content (AvgIpc) is 2.85. The van der Waals surface area contributed by atoms with Crippen LogP contribution in [0.1, 0.15) is 185 Å². The zero-order valence-corrected chi connectivity index (χ0v) is 29.5. The Bertz CT molecular complexity index is 624. The third-order valence-electron chi connectivity index (χ3n) is 12.3. The van der Waals surface area contributed by atoms with Crippen molar-refractivity contribution in [2.75, 3.05) is 0 Å². The maximum Gasteiger partial charge on any atom is -0.0323 e. The minimum Gasteiger partial charge on any atom is -0.0883 e. The van der Waals surface area contributed by atoms with E-state index in [-0.39, 0.29) is 0 Å². The van der Waals surface area contributed by atoms with Gasteiger partial charge in [-0.25, -0.2) is 0 Å². The van der Waals surface area contributed by atoms with Gasteiger partial charge in [0.2, 0.25) is 0 Å². The number of allylic oxidation sites excluding steroid dienone is 2. The van der Waals surface area contributed by atoms with Crippen LogP contribution in [-0.4, -0.2) is 0 Å². The molecule has 0 nitrogen and oxygen atoms in total. The summed E-state index contributed by atoms with van der Waals surface area (Å²) in [6, 6.07) is 0. The highest BCUT2D eigenvalue weighted by Gasteiger charge is 2.37. The molecule has 236 valence electrons. The molecule has 2 aliphatic carbocycles. The zero-order valence-electron chi connectivity index (χ0n) is 29.5. The van der Waals surface area contributed by atoms with E-state index in [4.69, 9.17) is 0 Å². The molecule has 8 atom stereocenters. The van der Waals surface area contributed by atoms with Crippen LogP contribution in [-0.2, 0) is 0 Å². The second-order valence-corrected chi connectivity index (χ2v) is 17.3. The van der Waals surface area contributed by atoms with Crippen molar-refractivity contribution in [3.8, 4) is 0 Å². The molecule has 0 saturated heterocycles. The summed E-state index contributed by atoms with van der Waals surface area (Å²) >= 11 is 0. The molecule has 0 aliphatic heterocycles. The molecule has 40 heavy (non-hydrogen) atoms. The summed E-state index contributed by atoms with van der Waals surface area (Å²) in [6.45, 7) is 25.2. The largest absolute Gasteiger partial charge is 0.0883 e. The molecule has 0 N–H and O–H groups in total. The number of hydrogen-bond donors (Lipinski definition) is 0. The SMILES string of the molecule is C[C@@H](CCC[C@@H](C)C/C=C/C[C@@H](C)CCC[C@H](C)CC[C@H]1[C@@H](C)CCCC1(C)C)CC[C@H]1[C@H](C)CCCC1(C)C. The molecule has 0 bridgehead atoms. The lowest BCUT2D eigenvalue weighted by Gasteiger charge is -2.43. The Balaban J connectivity index is 1.50. The summed E-state index contributed by atoms with van der Waals surface area (Å²) in [6.07, 6.45) is 30.6. The van der Waals surface area contributed by atoms with Gasteiger partial charge in [-0.05, 0) is 96.7 Å². The van der Waals surface area contributed by atoms with Gasteiger partial charge in [0.05, 0.1) is 0 Å². The van der Waals surface area contributed by atoms with Crippen LogP contribution in [0.2, 0.25) is 0 Å². The molecule has 2 aliphatic rings. The average molecular weight is 557 g/mol. The van der Waals surface area contributed by atoms with E-state index in [1.54, 1.807) is 0 Å². The maximum absolute atomic E-state index is 2.54. The second-order valence-electron chi connectivity index (χ2n) is 17.3. The monoisotopic (exact) mass is 557 g/mol. The fourth-order valence-electron chi connectivity index (χ4n) is 9.16. The van der Waals surface area contributed by atoms with Crippen molar-refractivity contribution < 1.29 is 0 Å². The molecule has 0 aromatic carbocycles. The smallest absolute Gasteiger partial charge is 0.0323 e. The molecule has 0 heterocycles. The molecular formula is C40H76. The quantitative estimate of drug-likeness (QED) is 0.147. The van der Waals surface area contributed by atoms with Crippen LogP contribution in [0.15, 0.2) is 12.2 Å². The first-order valence-electron chi connectivity index (χ1n) is 18.5. The van der Waals surface area contributed by atoms with Crippen LogP contribution in [0.4, 0.5) is 0 Å². The minimum absolute atomic E-state index is 0.568. The summed E-state index contributed by atoms with van der Waals surface area (Å²) < 4.78 is 0. The molecule has 0 radical (unpaired) electrons. The van der Waals surface area contributed by atoms with Gasteiger partial charge in [0, 0.05) is 0 Å². The predicted octanol–water partition coefficient (Wildman–Crippen LogP) is 13.7. The van der Waals surface area contributed by atoms with Crippen molar-refractivity contribution in [1.29, 1.82) is 0 Å². The Kier molecular flexibility index (Phi) is 16.0. The van der Waals surface area contributed by atoms with Crippen molar-refractivity contribution in [2.45, 2.75) is 185 Å². The van der Waals surface area contributed by atoms with Crippen molar-refractivity contribution in [3.05, 3.63) is 12.2 Å². The van der Waals surface area contributed by atoms with Crippen molar-refractivity contribution >= 4 is 0 Å². The van der Waals surface area contributed by atoms with Crippen LogP contribution in [0.5, 0.6) is 0 Å². The molecule has 0 spiro atoms. The van der Waals surface area contributed by atoms with E-state index in [0.29, 0.717) is 10.8 Å². The predicted molar refractivity (Wildman–Crippen MR) is 182 cm³/mol. The van der Waals surface area contributed by atoms with E-state index in [9.17, 15) is 0 Å². The number of rotatable bonds is 18. The van der Waals surface area contributed by atoms with Crippen LogP contribution >= 0.6 is 0 Å². The summed E-state index contributed by atoms with van der Waals surface area (Å²) in [7, 11) is 0. The van der Waals surface area contributed by atoms with E-state index < -0.39 is 0 Å². The summed E-state index contributed by atoms with van der Waals surface area (Å²) in [5.74, 6) is 7.24. The highest BCUT2D eigenvalue weighted by Crippen LogP contribution is 2.47. The first-order valence-corrected chi connectivity index (χ1v) is 18.5. The van der Waals surface area contributed by atoms with Crippen molar-refractivity contribution in [1.82, 2.24) is 0 Å². The molecule has 0 aromatic heterocycles. The van der Waals surface area contributed by atoms with Gasteiger partial charge in [0.1, 0.15) is 0 Å². The van der Waals surface area contributed by atoms with Crippen LogP contribution in [0, 0.1) is 58.2 Å². The molecule has 0 unspecified atom stereocenters. The third-order valence-corrected chi connectivity index (χ3v) is 12.3. The van der Waals surface area contributed by atoms with E-state index in [1.807, 2.05) is 0 Å². The molecule has 2 saturated carbocycles. The van der Waals surface area contributed by atoms with Gasteiger partial charge in [-0.15, -0.1) is 0 Å². The minimum atomic E-state index is 0.568. The Labute approximate surface area is 254 Å². The summed E-state index contributed by atoms with van der Waals surface area (Å²) in [4.78, 5) is 0. The Morgan fingerprint density at radius 2 is 0.900 bits per heavy atom. The fraction of sp³-hybridized carbons (Fsp3) is 0.950. The lowest BCUT2D eigenvalue weighted by molar-refractivity contribution is 0.0705. The third kappa shape index (κ3) is 12.9. The maximum atomic E-state index is 2.54.